The third-order valence-electron chi connectivity index (χ3n) is 3.09. The van der Waals surface area contributed by atoms with Gasteiger partial charge in [-0.25, -0.2) is 0 Å². The maximum absolute atomic E-state index is 11.0. The second-order valence-electron chi connectivity index (χ2n) is 4.48. The zero-order valence-corrected chi connectivity index (χ0v) is 11.8. The molecule has 0 aliphatic rings. The highest BCUT2D eigenvalue weighted by atomic mass is 16.6. The minimum absolute atomic E-state index is 0.0712. The molecule has 0 bridgehead atoms. The first-order valence-corrected chi connectivity index (χ1v) is 6.68. The number of nitro groups is 1. The average Bonchev–Trinajstić information content (AvgIpc) is 2.50. The third kappa shape index (κ3) is 3.87. The zero-order valence-electron chi connectivity index (χ0n) is 11.8. The third-order valence-corrected chi connectivity index (χ3v) is 3.09. The Morgan fingerprint density at radius 3 is 2.86 bits per heavy atom. The fourth-order valence-electron chi connectivity index (χ4n) is 2.07. The normalized spacial score (nSPS) is 10.7. The summed E-state index contributed by atoms with van der Waals surface area (Å²) in [6.07, 6.45) is 3.16. The van der Waals surface area contributed by atoms with Crippen molar-refractivity contribution in [3.63, 3.8) is 0 Å². The molecule has 21 heavy (non-hydrogen) atoms. The molecule has 2 N–H and O–H groups in total. The number of benzene rings is 1. The van der Waals surface area contributed by atoms with Crippen LogP contribution in [0.4, 0.5) is 11.4 Å². The molecule has 0 saturated heterocycles. The van der Waals surface area contributed by atoms with Gasteiger partial charge in [0.15, 0.2) is 0 Å². The lowest BCUT2D eigenvalue weighted by Gasteiger charge is -2.10. The molecule has 112 valence electrons. The number of nitrogens with one attached hydrogen (secondary N) is 2. The van der Waals surface area contributed by atoms with Crippen LogP contribution in [0.3, 0.4) is 0 Å². The summed E-state index contributed by atoms with van der Waals surface area (Å²) in [6.45, 7) is 2.97. The Bertz CT molecular complexity index is 618. The zero-order chi connectivity index (χ0) is 15.1. The number of methoxy groups -OCH3 is 1. The fraction of sp³-hybridized carbons (Fsp3) is 0.357. The van der Waals surface area contributed by atoms with Crippen LogP contribution in [0.25, 0.3) is 10.8 Å². The molecule has 0 spiro atoms. The van der Waals surface area contributed by atoms with Gasteiger partial charge in [0.25, 0.3) is 5.69 Å². The van der Waals surface area contributed by atoms with Gasteiger partial charge in [0.2, 0.25) is 0 Å². The molecule has 0 radical (unpaired) electrons. The molecule has 0 fully saturated rings. The topological polar surface area (TPSA) is 89.3 Å². The lowest BCUT2D eigenvalue weighted by molar-refractivity contribution is -0.383. The van der Waals surface area contributed by atoms with E-state index < -0.39 is 0 Å². The highest BCUT2D eigenvalue weighted by Gasteiger charge is 2.13. The van der Waals surface area contributed by atoms with Gasteiger partial charge in [0, 0.05) is 56.3 Å². The number of non-ortho nitro benzene ring substituents is 1. The molecule has 0 amide bonds. The molecule has 0 saturated carbocycles. The molecular formula is C14H18N4O3. The Kier molecular flexibility index (Phi) is 5.42. The molecule has 7 heteroatoms. The summed E-state index contributed by atoms with van der Waals surface area (Å²) in [4.78, 5) is 14.6. The number of pyridine rings is 1. The smallest absolute Gasteiger partial charge is 0.278 e. The minimum Gasteiger partial charge on any atom is -0.383 e. The number of ether oxygens (including phenoxy) is 1. The number of hydrogen-bond acceptors (Lipinski definition) is 6. The number of rotatable bonds is 8. The maximum Gasteiger partial charge on any atom is 0.278 e. The van der Waals surface area contributed by atoms with E-state index in [1.807, 2.05) is 0 Å². The minimum atomic E-state index is -0.389. The largest absolute Gasteiger partial charge is 0.383 e. The van der Waals surface area contributed by atoms with E-state index >= 15 is 0 Å². The lowest BCUT2D eigenvalue weighted by atomic mass is 10.1. The summed E-state index contributed by atoms with van der Waals surface area (Å²) in [6, 6.07) is 5.02. The van der Waals surface area contributed by atoms with Crippen LogP contribution in [-0.2, 0) is 4.74 Å². The molecule has 0 aliphatic heterocycles. The van der Waals surface area contributed by atoms with Gasteiger partial charge in [-0.2, -0.15) is 0 Å². The van der Waals surface area contributed by atoms with Gasteiger partial charge >= 0.3 is 0 Å². The van der Waals surface area contributed by atoms with E-state index in [4.69, 9.17) is 4.74 Å². The predicted octanol–water partition coefficient (Wildman–Crippen LogP) is 1.79. The second kappa shape index (κ2) is 7.51. The molecule has 7 nitrogen and oxygen atoms in total. The molecule has 0 unspecified atom stereocenters. The fourth-order valence-corrected chi connectivity index (χ4v) is 2.07. The van der Waals surface area contributed by atoms with E-state index in [1.54, 1.807) is 25.4 Å². The number of nitro benzene ring substituents is 1. The summed E-state index contributed by atoms with van der Waals surface area (Å²) < 4.78 is 4.95. The summed E-state index contributed by atoms with van der Waals surface area (Å²) in [5.74, 6) is 0. The molecule has 2 aromatic rings. The molecule has 1 heterocycles. The van der Waals surface area contributed by atoms with Crippen LogP contribution in [0.1, 0.15) is 0 Å². The van der Waals surface area contributed by atoms with E-state index in [2.05, 4.69) is 15.6 Å². The first-order valence-electron chi connectivity index (χ1n) is 6.68. The van der Waals surface area contributed by atoms with Crippen molar-refractivity contribution >= 4 is 22.1 Å². The number of anilines is 1. The monoisotopic (exact) mass is 290 g/mol. The van der Waals surface area contributed by atoms with E-state index in [0.29, 0.717) is 12.0 Å². The number of nitrogens with zero attached hydrogens (tertiary/aromatic N) is 2. The van der Waals surface area contributed by atoms with E-state index in [1.165, 1.54) is 12.3 Å². The van der Waals surface area contributed by atoms with Crippen molar-refractivity contribution in [2.24, 2.45) is 0 Å². The Hall–Kier alpha value is -2.25. The molecule has 1 aromatic carbocycles. The van der Waals surface area contributed by atoms with Gasteiger partial charge < -0.3 is 15.4 Å². The van der Waals surface area contributed by atoms with Crippen molar-refractivity contribution in [1.82, 2.24) is 10.3 Å². The second-order valence-corrected chi connectivity index (χ2v) is 4.48. The Labute approximate surface area is 122 Å². The first-order chi connectivity index (χ1) is 10.2. The Morgan fingerprint density at radius 1 is 1.24 bits per heavy atom. The summed E-state index contributed by atoms with van der Waals surface area (Å²) in [5.41, 5.74) is 0.938. The Morgan fingerprint density at radius 2 is 2.10 bits per heavy atom. The molecular weight excluding hydrogens is 272 g/mol. The van der Waals surface area contributed by atoms with Crippen LogP contribution >= 0.6 is 0 Å². The Balaban J connectivity index is 2.07. The van der Waals surface area contributed by atoms with Crippen LogP contribution in [0, 0.1) is 10.1 Å². The molecule has 0 aliphatic carbocycles. The summed E-state index contributed by atoms with van der Waals surface area (Å²) in [7, 11) is 1.66. The highest BCUT2D eigenvalue weighted by molar-refractivity contribution is 5.99. The molecule has 1 aromatic heterocycles. The number of hydrogen-bond donors (Lipinski definition) is 2. The van der Waals surface area contributed by atoms with Crippen LogP contribution < -0.4 is 10.6 Å². The van der Waals surface area contributed by atoms with Crippen molar-refractivity contribution < 1.29 is 9.66 Å². The van der Waals surface area contributed by atoms with Gasteiger partial charge in [0.1, 0.15) is 0 Å². The number of aromatic nitrogens is 1. The quantitative estimate of drug-likeness (QED) is 0.438. The lowest BCUT2D eigenvalue weighted by Crippen LogP contribution is -2.25. The van der Waals surface area contributed by atoms with Crippen LogP contribution in [0.5, 0.6) is 0 Å². The number of fused-ring (bicyclic) bond motifs is 1. The predicted molar refractivity (Wildman–Crippen MR) is 81.6 cm³/mol. The van der Waals surface area contributed by atoms with E-state index in [-0.39, 0.29) is 10.6 Å². The average molecular weight is 290 g/mol. The molecule has 0 atom stereocenters. The first kappa shape index (κ1) is 15.1. The van der Waals surface area contributed by atoms with Crippen molar-refractivity contribution in [2.45, 2.75) is 0 Å². The standard InChI is InChI=1S/C14H18N4O3/c1-21-9-8-15-6-7-17-13-2-3-14(18(19)20)12-10-16-5-4-11(12)13/h2-5,10,15,17H,6-9H2,1H3. The summed E-state index contributed by atoms with van der Waals surface area (Å²) in [5, 5.41) is 18.9. The highest BCUT2D eigenvalue weighted by Crippen LogP contribution is 2.30. The van der Waals surface area contributed by atoms with Gasteiger partial charge in [-0.1, -0.05) is 0 Å². The van der Waals surface area contributed by atoms with Crippen molar-refractivity contribution in [3.8, 4) is 0 Å². The van der Waals surface area contributed by atoms with Gasteiger partial charge in [-0.3, -0.25) is 15.1 Å². The SMILES string of the molecule is COCCNCCNc1ccc([N+](=O)[O-])c2cnccc12. The summed E-state index contributed by atoms with van der Waals surface area (Å²) >= 11 is 0. The van der Waals surface area contributed by atoms with Crippen molar-refractivity contribution in [1.29, 1.82) is 0 Å². The van der Waals surface area contributed by atoms with Crippen molar-refractivity contribution in [2.75, 3.05) is 38.7 Å². The van der Waals surface area contributed by atoms with E-state index in [0.717, 1.165) is 30.7 Å². The van der Waals surface area contributed by atoms with Gasteiger partial charge in [-0.05, 0) is 12.1 Å². The van der Waals surface area contributed by atoms with Crippen LogP contribution in [-0.4, -0.2) is 43.3 Å². The maximum atomic E-state index is 11.0. The van der Waals surface area contributed by atoms with Gasteiger partial charge in [-0.15, -0.1) is 0 Å². The van der Waals surface area contributed by atoms with E-state index in [9.17, 15) is 10.1 Å². The van der Waals surface area contributed by atoms with Gasteiger partial charge in [0.05, 0.1) is 16.9 Å². The molecule has 2 rings (SSSR count). The van der Waals surface area contributed by atoms with Crippen LogP contribution in [0.15, 0.2) is 30.6 Å². The van der Waals surface area contributed by atoms with Crippen LogP contribution in [0.2, 0.25) is 0 Å². The van der Waals surface area contributed by atoms with Crippen molar-refractivity contribution in [3.05, 3.63) is 40.7 Å².